The first-order valence-corrected chi connectivity index (χ1v) is 10.4. The van der Waals surface area contributed by atoms with E-state index in [1.807, 2.05) is 12.1 Å². The van der Waals surface area contributed by atoms with Crippen LogP contribution in [0.4, 0.5) is 0 Å². The zero-order chi connectivity index (χ0) is 18.9. The zero-order valence-electron chi connectivity index (χ0n) is 16.4. The molecule has 1 aromatic carbocycles. The number of carbonyl (C=O) groups is 2. The number of halogens is 1. The molecular formula is C22H31ClN2O3. The van der Waals surface area contributed by atoms with E-state index in [0.717, 1.165) is 37.7 Å². The number of piperidine rings is 1. The molecule has 0 atom stereocenters. The number of nitrogens with one attached hydrogen (secondary N) is 1. The second kappa shape index (κ2) is 8.83. The lowest BCUT2D eigenvalue weighted by molar-refractivity contribution is -0.137. The summed E-state index contributed by atoms with van der Waals surface area (Å²) in [4.78, 5) is 25.8. The van der Waals surface area contributed by atoms with Gasteiger partial charge >= 0.3 is 5.97 Å². The summed E-state index contributed by atoms with van der Waals surface area (Å²) in [5.74, 6) is -0.200. The van der Waals surface area contributed by atoms with Gasteiger partial charge in [-0.1, -0.05) is 12.1 Å². The lowest BCUT2D eigenvalue weighted by atomic mass is 9.77. The van der Waals surface area contributed by atoms with Crippen LogP contribution < -0.4 is 5.32 Å². The van der Waals surface area contributed by atoms with Gasteiger partial charge in [-0.05, 0) is 81.6 Å². The van der Waals surface area contributed by atoms with Gasteiger partial charge in [0.05, 0.1) is 0 Å². The van der Waals surface area contributed by atoms with Crippen molar-refractivity contribution in [2.75, 3.05) is 19.6 Å². The summed E-state index contributed by atoms with van der Waals surface area (Å²) in [6, 6.07) is 8.51. The third-order valence-corrected chi connectivity index (χ3v) is 7.05. The van der Waals surface area contributed by atoms with Crippen LogP contribution in [0.5, 0.6) is 0 Å². The van der Waals surface area contributed by atoms with Crippen LogP contribution in [0.3, 0.4) is 0 Å². The highest BCUT2D eigenvalue weighted by Gasteiger charge is 2.44. The molecule has 4 rings (SSSR count). The Kier molecular flexibility index (Phi) is 6.66. The van der Waals surface area contributed by atoms with Crippen molar-refractivity contribution in [2.45, 2.75) is 62.8 Å². The van der Waals surface area contributed by atoms with E-state index in [9.17, 15) is 9.59 Å². The first kappa shape index (κ1) is 21.1. The smallest absolute Gasteiger partial charge is 0.303 e. The number of carboxylic acid groups (broad SMARTS) is 1. The van der Waals surface area contributed by atoms with Crippen molar-refractivity contribution in [1.82, 2.24) is 10.2 Å². The van der Waals surface area contributed by atoms with Crippen LogP contribution >= 0.6 is 12.4 Å². The molecule has 6 heteroatoms. The first-order chi connectivity index (χ1) is 13.0. The number of hydrogen-bond acceptors (Lipinski definition) is 3. The summed E-state index contributed by atoms with van der Waals surface area (Å²) in [6.07, 6.45) is 7.42. The van der Waals surface area contributed by atoms with Gasteiger partial charge in [-0.3, -0.25) is 9.59 Å². The predicted octanol–water partition coefficient (Wildman–Crippen LogP) is 3.61. The summed E-state index contributed by atoms with van der Waals surface area (Å²) in [5.41, 5.74) is 2.46. The van der Waals surface area contributed by atoms with Gasteiger partial charge in [0.2, 0.25) is 0 Å². The minimum Gasteiger partial charge on any atom is -0.481 e. The van der Waals surface area contributed by atoms with E-state index in [1.165, 1.54) is 38.0 Å². The molecule has 2 aliphatic heterocycles. The van der Waals surface area contributed by atoms with E-state index < -0.39 is 5.97 Å². The molecular weight excluding hydrogens is 376 g/mol. The Labute approximate surface area is 173 Å². The molecule has 1 aromatic rings. The molecule has 1 saturated carbocycles. The molecule has 2 saturated heterocycles. The largest absolute Gasteiger partial charge is 0.481 e. The van der Waals surface area contributed by atoms with Gasteiger partial charge in [0.25, 0.3) is 5.91 Å². The highest BCUT2D eigenvalue weighted by Crippen LogP contribution is 2.43. The highest BCUT2D eigenvalue weighted by atomic mass is 35.5. The van der Waals surface area contributed by atoms with Gasteiger partial charge < -0.3 is 15.3 Å². The number of carbonyl (C=O) groups excluding carboxylic acids is 1. The van der Waals surface area contributed by atoms with Crippen molar-refractivity contribution in [1.29, 1.82) is 0 Å². The molecule has 1 aliphatic carbocycles. The standard InChI is InChI=1S/C22H30N2O3.ClH/c25-20(26)10-3-16-1-8-19(9-2-16)23-21(27)17-4-6-18(7-5-17)22-11-13-24(15-22)14-12-22;/h4-7,16,19H,1-3,8-15H2,(H,23,27)(H,25,26);1H/t16-,19-;. The maximum absolute atomic E-state index is 12.6. The normalized spacial score (nSPS) is 31.2. The monoisotopic (exact) mass is 406 g/mol. The molecule has 28 heavy (non-hydrogen) atoms. The average molecular weight is 407 g/mol. The number of aliphatic carboxylic acids is 1. The number of amides is 1. The van der Waals surface area contributed by atoms with Gasteiger partial charge in [-0.25, -0.2) is 0 Å². The molecule has 0 radical (unpaired) electrons. The SMILES string of the molecule is Cl.O=C(O)CC[C@H]1CC[C@H](NC(=O)c2ccc(C34CCN(CC3)C4)cc2)CC1. The number of rotatable bonds is 6. The van der Waals surface area contributed by atoms with Crippen LogP contribution in [0.25, 0.3) is 0 Å². The van der Waals surface area contributed by atoms with E-state index >= 15 is 0 Å². The maximum atomic E-state index is 12.6. The fourth-order valence-electron chi connectivity index (χ4n) is 5.27. The summed E-state index contributed by atoms with van der Waals surface area (Å²) in [5, 5.41) is 12.0. The summed E-state index contributed by atoms with van der Waals surface area (Å²) in [6.45, 7) is 3.58. The van der Waals surface area contributed by atoms with Crippen molar-refractivity contribution in [2.24, 2.45) is 5.92 Å². The van der Waals surface area contributed by atoms with Crippen molar-refractivity contribution in [3.8, 4) is 0 Å². The Morgan fingerprint density at radius 3 is 2.25 bits per heavy atom. The van der Waals surface area contributed by atoms with Crippen LogP contribution in [0, 0.1) is 5.92 Å². The van der Waals surface area contributed by atoms with Crippen molar-refractivity contribution >= 4 is 24.3 Å². The van der Waals surface area contributed by atoms with Crippen LogP contribution in [-0.4, -0.2) is 47.6 Å². The summed E-state index contributed by atoms with van der Waals surface area (Å²) < 4.78 is 0. The molecule has 0 spiro atoms. The number of hydrogen-bond donors (Lipinski definition) is 2. The second-order valence-corrected chi connectivity index (χ2v) is 8.76. The summed E-state index contributed by atoms with van der Waals surface area (Å²) >= 11 is 0. The third kappa shape index (κ3) is 4.52. The fourth-order valence-corrected chi connectivity index (χ4v) is 5.27. The molecule has 1 amide bonds. The number of fused-ring (bicyclic) bond motifs is 2. The lowest BCUT2D eigenvalue weighted by Gasteiger charge is -2.29. The first-order valence-electron chi connectivity index (χ1n) is 10.4. The Hall–Kier alpha value is -1.59. The molecule has 0 unspecified atom stereocenters. The van der Waals surface area contributed by atoms with Gasteiger partial charge in [0.1, 0.15) is 0 Å². The third-order valence-electron chi connectivity index (χ3n) is 7.05. The van der Waals surface area contributed by atoms with Gasteiger partial charge in [-0.2, -0.15) is 0 Å². The van der Waals surface area contributed by atoms with E-state index in [-0.39, 0.29) is 30.8 Å². The Morgan fingerprint density at radius 1 is 1.07 bits per heavy atom. The predicted molar refractivity (Wildman–Crippen MR) is 111 cm³/mol. The molecule has 3 aliphatic rings. The van der Waals surface area contributed by atoms with Crippen LogP contribution in [0.2, 0.25) is 0 Å². The minimum absolute atomic E-state index is 0. The van der Waals surface area contributed by atoms with Crippen LogP contribution in [0.1, 0.15) is 67.3 Å². The van der Waals surface area contributed by atoms with Gasteiger partial charge in [-0.15, -0.1) is 12.4 Å². The van der Waals surface area contributed by atoms with E-state index in [1.54, 1.807) is 0 Å². The topological polar surface area (TPSA) is 69.6 Å². The molecule has 0 aromatic heterocycles. The van der Waals surface area contributed by atoms with Gasteiger partial charge in [0, 0.05) is 30.0 Å². The minimum atomic E-state index is -0.712. The Morgan fingerprint density at radius 2 is 1.71 bits per heavy atom. The number of benzene rings is 1. The van der Waals surface area contributed by atoms with Crippen molar-refractivity contribution < 1.29 is 14.7 Å². The van der Waals surface area contributed by atoms with E-state index in [4.69, 9.17) is 5.11 Å². The Balaban J connectivity index is 0.00000225. The number of nitrogens with zero attached hydrogens (tertiary/aromatic N) is 1. The Bertz CT molecular complexity index is 690. The molecule has 2 bridgehead atoms. The van der Waals surface area contributed by atoms with Crippen molar-refractivity contribution in [3.63, 3.8) is 0 Å². The van der Waals surface area contributed by atoms with Crippen LogP contribution in [0.15, 0.2) is 24.3 Å². The second-order valence-electron chi connectivity index (χ2n) is 8.76. The number of carboxylic acids is 1. The molecule has 2 N–H and O–H groups in total. The highest BCUT2D eigenvalue weighted by molar-refractivity contribution is 5.94. The molecule has 3 fully saturated rings. The molecule has 5 nitrogen and oxygen atoms in total. The molecule has 154 valence electrons. The van der Waals surface area contributed by atoms with Crippen LogP contribution in [-0.2, 0) is 10.2 Å². The molecule has 2 heterocycles. The van der Waals surface area contributed by atoms with Gasteiger partial charge in [0.15, 0.2) is 0 Å². The zero-order valence-corrected chi connectivity index (χ0v) is 17.2. The van der Waals surface area contributed by atoms with E-state index in [0.29, 0.717) is 11.3 Å². The average Bonchev–Trinajstić information content (AvgIpc) is 3.30. The fraction of sp³-hybridized carbons (Fsp3) is 0.636. The van der Waals surface area contributed by atoms with Crippen molar-refractivity contribution in [3.05, 3.63) is 35.4 Å². The summed E-state index contributed by atoms with van der Waals surface area (Å²) in [7, 11) is 0. The quantitative estimate of drug-likeness (QED) is 0.757. The lowest BCUT2D eigenvalue weighted by Crippen LogP contribution is -2.37. The maximum Gasteiger partial charge on any atom is 0.303 e. The van der Waals surface area contributed by atoms with E-state index in [2.05, 4.69) is 22.3 Å².